The number of carbonyl (C=O) groups excluding carboxylic acids is 2. The first-order valence-electron chi connectivity index (χ1n) is 8.17. The molecule has 1 aliphatic rings. The zero-order chi connectivity index (χ0) is 18.1. The fourth-order valence-corrected chi connectivity index (χ4v) is 3.83. The molecular formula is C19H16N4O2S. The van der Waals surface area contributed by atoms with Gasteiger partial charge in [-0.25, -0.2) is 0 Å². The normalized spacial score (nSPS) is 13.3. The monoisotopic (exact) mass is 364 g/mol. The van der Waals surface area contributed by atoms with E-state index in [4.69, 9.17) is 0 Å². The van der Waals surface area contributed by atoms with Crippen molar-refractivity contribution in [1.82, 2.24) is 19.7 Å². The summed E-state index contributed by atoms with van der Waals surface area (Å²) in [6, 6.07) is 16.9. The van der Waals surface area contributed by atoms with Crippen LogP contribution in [0.2, 0.25) is 0 Å². The van der Waals surface area contributed by atoms with E-state index in [1.165, 1.54) is 16.7 Å². The molecule has 3 aromatic rings. The summed E-state index contributed by atoms with van der Waals surface area (Å²) in [5.74, 6) is 0.478. The van der Waals surface area contributed by atoms with Gasteiger partial charge in [-0.15, -0.1) is 10.2 Å². The Morgan fingerprint density at radius 2 is 1.50 bits per heavy atom. The summed E-state index contributed by atoms with van der Waals surface area (Å²) < 4.78 is 1.98. The Bertz CT molecular complexity index is 949. The van der Waals surface area contributed by atoms with Crippen LogP contribution in [0, 0.1) is 6.92 Å². The Labute approximate surface area is 154 Å². The van der Waals surface area contributed by atoms with Gasteiger partial charge in [0.05, 0.1) is 23.5 Å². The van der Waals surface area contributed by atoms with Gasteiger partial charge < -0.3 is 4.57 Å². The molecule has 0 radical (unpaired) electrons. The number of thioether (sulfide) groups is 1. The number of nitrogens with zero attached hydrogens (tertiary/aromatic N) is 4. The van der Waals surface area contributed by atoms with E-state index in [-0.39, 0.29) is 17.7 Å². The van der Waals surface area contributed by atoms with Crippen molar-refractivity contribution in [3.8, 4) is 0 Å². The van der Waals surface area contributed by atoms with Gasteiger partial charge in [0.25, 0.3) is 11.8 Å². The fourth-order valence-electron chi connectivity index (χ4n) is 2.90. The van der Waals surface area contributed by atoms with Crippen molar-refractivity contribution in [1.29, 1.82) is 0 Å². The number of imide groups is 1. The molecule has 0 fully saturated rings. The van der Waals surface area contributed by atoms with Crippen molar-refractivity contribution in [3.05, 3.63) is 77.1 Å². The third-order valence-corrected chi connectivity index (χ3v) is 5.23. The van der Waals surface area contributed by atoms with Crippen molar-refractivity contribution in [2.24, 2.45) is 0 Å². The second-order valence-electron chi connectivity index (χ2n) is 5.96. The minimum Gasteiger partial charge on any atom is -0.302 e. The lowest BCUT2D eigenvalue weighted by molar-refractivity contribution is 0.0684. The van der Waals surface area contributed by atoms with Crippen molar-refractivity contribution in [2.45, 2.75) is 18.6 Å². The molecule has 0 bridgehead atoms. The minimum atomic E-state index is -0.260. The highest BCUT2D eigenvalue weighted by Gasteiger charge is 2.35. The molecule has 0 saturated heterocycles. The smallest absolute Gasteiger partial charge is 0.262 e. The van der Waals surface area contributed by atoms with Gasteiger partial charge in [-0.05, 0) is 24.6 Å². The highest BCUT2D eigenvalue weighted by Crippen LogP contribution is 2.27. The number of fused-ring (bicyclic) bond motifs is 1. The molecule has 0 aliphatic carbocycles. The largest absolute Gasteiger partial charge is 0.302 e. The summed E-state index contributed by atoms with van der Waals surface area (Å²) in [5, 5.41) is 9.02. The topological polar surface area (TPSA) is 68.1 Å². The molecule has 6 nitrogen and oxygen atoms in total. The average molecular weight is 364 g/mol. The first kappa shape index (κ1) is 16.5. The maximum atomic E-state index is 12.5. The summed E-state index contributed by atoms with van der Waals surface area (Å²) in [7, 11) is 0. The van der Waals surface area contributed by atoms with Crippen LogP contribution in [0.1, 0.15) is 32.1 Å². The summed E-state index contributed by atoms with van der Waals surface area (Å²) in [4.78, 5) is 26.2. The summed E-state index contributed by atoms with van der Waals surface area (Å²) in [5.41, 5.74) is 2.05. The molecule has 2 aromatic carbocycles. The molecule has 0 atom stereocenters. The second kappa shape index (κ2) is 6.76. The van der Waals surface area contributed by atoms with E-state index in [1.54, 1.807) is 24.3 Å². The van der Waals surface area contributed by atoms with Crippen molar-refractivity contribution < 1.29 is 9.59 Å². The van der Waals surface area contributed by atoms with Gasteiger partial charge in [-0.3, -0.25) is 14.5 Å². The van der Waals surface area contributed by atoms with Crippen LogP contribution in [0.4, 0.5) is 0 Å². The van der Waals surface area contributed by atoms with Crippen LogP contribution in [0.25, 0.3) is 0 Å². The third-order valence-electron chi connectivity index (χ3n) is 4.29. The standard InChI is InChI=1S/C19H16N4O2S/c1-13-20-21-19(22(13)11-14-7-3-2-4-8-14)26-12-23-17(24)15-9-5-6-10-16(15)18(23)25/h2-10H,11-12H2,1H3. The lowest BCUT2D eigenvalue weighted by Crippen LogP contribution is -2.29. The van der Waals surface area contributed by atoms with E-state index in [2.05, 4.69) is 10.2 Å². The Morgan fingerprint density at radius 1 is 0.885 bits per heavy atom. The van der Waals surface area contributed by atoms with Crippen molar-refractivity contribution in [3.63, 3.8) is 0 Å². The van der Waals surface area contributed by atoms with E-state index in [9.17, 15) is 9.59 Å². The van der Waals surface area contributed by atoms with Gasteiger partial charge in [-0.2, -0.15) is 0 Å². The van der Waals surface area contributed by atoms with Crippen molar-refractivity contribution >= 4 is 23.6 Å². The number of aromatic nitrogens is 3. The molecule has 26 heavy (non-hydrogen) atoms. The number of hydrogen-bond acceptors (Lipinski definition) is 5. The molecule has 2 amide bonds. The van der Waals surface area contributed by atoms with Crippen LogP contribution in [0.15, 0.2) is 59.8 Å². The molecule has 0 spiro atoms. The van der Waals surface area contributed by atoms with Crippen LogP contribution in [0.3, 0.4) is 0 Å². The SMILES string of the molecule is Cc1nnc(SCN2C(=O)c3ccccc3C2=O)n1Cc1ccccc1. The maximum Gasteiger partial charge on any atom is 0.262 e. The van der Waals surface area contributed by atoms with E-state index < -0.39 is 0 Å². The Kier molecular flexibility index (Phi) is 4.30. The molecule has 0 saturated carbocycles. The quantitative estimate of drug-likeness (QED) is 0.514. The third kappa shape index (κ3) is 2.90. The molecular weight excluding hydrogens is 348 g/mol. The van der Waals surface area contributed by atoms with E-state index in [0.29, 0.717) is 22.8 Å². The molecule has 2 heterocycles. The maximum absolute atomic E-state index is 12.5. The second-order valence-corrected chi connectivity index (χ2v) is 6.87. The first-order chi connectivity index (χ1) is 12.6. The van der Waals surface area contributed by atoms with Gasteiger partial charge in [0, 0.05) is 0 Å². The Balaban J connectivity index is 1.51. The summed E-state index contributed by atoms with van der Waals surface area (Å²) >= 11 is 1.34. The van der Waals surface area contributed by atoms with E-state index in [0.717, 1.165) is 11.4 Å². The molecule has 1 aliphatic heterocycles. The number of aryl methyl sites for hydroxylation is 1. The predicted octanol–water partition coefficient (Wildman–Crippen LogP) is 2.98. The van der Waals surface area contributed by atoms with Crippen LogP contribution < -0.4 is 0 Å². The molecule has 7 heteroatoms. The lowest BCUT2D eigenvalue weighted by Gasteiger charge is -2.14. The zero-order valence-electron chi connectivity index (χ0n) is 14.1. The molecule has 0 unspecified atom stereocenters. The number of benzene rings is 2. The van der Waals surface area contributed by atoms with Gasteiger partial charge >= 0.3 is 0 Å². The molecule has 0 N–H and O–H groups in total. The van der Waals surface area contributed by atoms with Gasteiger partial charge in [0.1, 0.15) is 5.82 Å². The zero-order valence-corrected chi connectivity index (χ0v) is 14.9. The highest BCUT2D eigenvalue weighted by atomic mass is 32.2. The van der Waals surface area contributed by atoms with Gasteiger partial charge in [0.2, 0.25) is 0 Å². The van der Waals surface area contributed by atoms with Crippen LogP contribution >= 0.6 is 11.8 Å². The minimum absolute atomic E-state index is 0.208. The van der Waals surface area contributed by atoms with Crippen LogP contribution in [-0.2, 0) is 6.54 Å². The Hall–Kier alpha value is -2.93. The van der Waals surface area contributed by atoms with Gasteiger partial charge in [-0.1, -0.05) is 54.2 Å². The van der Waals surface area contributed by atoms with E-state index >= 15 is 0 Å². The molecule has 4 rings (SSSR count). The Morgan fingerprint density at radius 3 is 2.15 bits per heavy atom. The van der Waals surface area contributed by atoms with Gasteiger partial charge in [0.15, 0.2) is 5.16 Å². The summed E-state index contributed by atoms with van der Waals surface area (Å²) in [6.07, 6.45) is 0. The first-order valence-corrected chi connectivity index (χ1v) is 9.15. The van der Waals surface area contributed by atoms with E-state index in [1.807, 2.05) is 41.8 Å². The lowest BCUT2D eigenvalue weighted by atomic mass is 10.1. The molecule has 130 valence electrons. The number of amides is 2. The van der Waals surface area contributed by atoms with Crippen LogP contribution in [-0.4, -0.2) is 37.4 Å². The highest BCUT2D eigenvalue weighted by molar-refractivity contribution is 7.99. The molecule has 1 aromatic heterocycles. The van der Waals surface area contributed by atoms with Crippen LogP contribution in [0.5, 0.6) is 0 Å². The summed E-state index contributed by atoms with van der Waals surface area (Å²) in [6.45, 7) is 2.53. The number of rotatable bonds is 5. The van der Waals surface area contributed by atoms with Crippen molar-refractivity contribution in [2.75, 3.05) is 5.88 Å². The predicted molar refractivity (Wildman–Crippen MR) is 98.0 cm³/mol. The average Bonchev–Trinajstić information content (AvgIpc) is 3.13. The fraction of sp³-hybridized carbons (Fsp3) is 0.158. The number of carbonyl (C=O) groups is 2. The number of hydrogen-bond donors (Lipinski definition) is 0.